The second kappa shape index (κ2) is 29.1. The molecule has 0 saturated heterocycles. The van der Waals surface area contributed by atoms with Gasteiger partial charge in [-0.15, -0.1) is 0 Å². The number of hydrogen-bond donors (Lipinski definition) is 0. The predicted octanol–water partition coefficient (Wildman–Crippen LogP) is 7.92. The third-order valence-electron chi connectivity index (χ3n) is 10.1. The summed E-state index contributed by atoms with van der Waals surface area (Å²) in [4.78, 5) is 97.9. The van der Waals surface area contributed by atoms with Crippen LogP contribution in [-0.2, 0) is 66.8 Å². The summed E-state index contributed by atoms with van der Waals surface area (Å²) in [6.07, 6.45) is 5.06. The molecule has 0 aliphatic heterocycles. The summed E-state index contributed by atoms with van der Waals surface area (Å²) >= 11 is 6.74. The van der Waals surface area contributed by atoms with Crippen molar-refractivity contribution in [2.24, 2.45) is 0 Å². The first kappa shape index (κ1) is 53.9. The van der Waals surface area contributed by atoms with Crippen LogP contribution in [0.5, 0.6) is 11.5 Å². The highest BCUT2D eigenvalue weighted by atomic mass is 79.9. The van der Waals surface area contributed by atoms with Crippen molar-refractivity contribution in [1.29, 1.82) is 0 Å². The molecule has 16 nitrogen and oxygen atoms in total. The first-order valence-electron chi connectivity index (χ1n) is 21.8. The van der Waals surface area contributed by atoms with Crippen molar-refractivity contribution >= 4 is 101 Å². The Morgan fingerprint density at radius 3 is 1.46 bits per heavy atom. The van der Waals surface area contributed by atoms with E-state index < -0.39 is 74.2 Å². The fourth-order valence-corrected chi connectivity index (χ4v) is 7.10. The number of carbonyl (C=O) groups excluding carboxylic acids is 8. The Labute approximate surface area is 404 Å². The number of esters is 7. The van der Waals surface area contributed by atoms with Gasteiger partial charge in [-0.3, -0.25) is 24.0 Å². The molecule has 67 heavy (non-hydrogen) atoms. The number of benzene rings is 4. The summed E-state index contributed by atoms with van der Waals surface area (Å²) in [5.41, 5.74) is 1.25. The van der Waals surface area contributed by atoms with Crippen LogP contribution in [-0.4, -0.2) is 104 Å². The zero-order chi connectivity index (χ0) is 48.6. The van der Waals surface area contributed by atoms with E-state index in [9.17, 15) is 38.4 Å². The number of hydrogen-bond acceptors (Lipinski definition) is 16. The molecule has 4 aromatic rings. The smallest absolute Gasteiger partial charge is 0.344 e. The number of carbonyl (C=O) groups is 8. The molecule has 360 valence electrons. The van der Waals surface area contributed by atoms with Crippen molar-refractivity contribution in [2.45, 2.75) is 83.2 Å². The number of unbranched alkanes of at least 4 members (excludes halogenated alkanes) is 4. The zero-order valence-electron chi connectivity index (χ0n) is 37.3. The summed E-state index contributed by atoms with van der Waals surface area (Å²) in [7, 11) is 0. The third kappa shape index (κ3) is 19.2. The molecule has 0 fully saturated rings. The van der Waals surface area contributed by atoms with E-state index in [4.69, 9.17) is 37.9 Å². The highest BCUT2D eigenvalue weighted by Gasteiger charge is 2.23. The molecule has 4 aromatic carbocycles. The van der Waals surface area contributed by atoms with E-state index in [1.807, 2.05) is 0 Å². The quantitative estimate of drug-likeness (QED) is 0.0126. The molecular formula is C49H54Br2O16. The van der Waals surface area contributed by atoms with E-state index in [1.165, 1.54) is 0 Å². The monoisotopic (exact) mass is 1060 g/mol. The molecule has 0 amide bonds. The molecule has 0 aliphatic rings. The van der Waals surface area contributed by atoms with E-state index >= 15 is 0 Å². The second-order valence-electron chi connectivity index (χ2n) is 15.3. The molecule has 0 saturated carbocycles. The van der Waals surface area contributed by atoms with Gasteiger partial charge in [-0.1, -0.05) is 93.2 Å². The third-order valence-corrected chi connectivity index (χ3v) is 11.2. The maximum absolute atomic E-state index is 12.9. The minimum absolute atomic E-state index is 0.303. The van der Waals surface area contributed by atoms with Gasteiger partial charge in [-0.2, -0.15) is 0 Å². The maximum atomic E-state index is 12.9. The van der Waals surface area contributed by atoms with Gasteiger partial charge in [-0.05, 0) is 96.5 Å². The predicted molar refractivity (Wildman–Crippen MR) is 251 cm³/mol. The van der Waals surface area contributed by atoms with Gasteiger partial charge in [0.1, 0.15) is 31.3 Å². The molecule has 4 rings (SSSR count). The Balaban J connectivity index is 1.07. The van der Waals surface area contributed by atoms with Gasteiger partial charge in [0.05, 0.1) is 18.4 Å². The number of halogens is 2. The molecule has 0 spiro atoms. The van der Waals surface area contributed by atoms with Crippen LogP contribution >= 0.6 is 31.9 Å². The summed E-state index contributed by atoms with van der Waals surface area (Å²) in [6.45, 7) is -0.0685. The van der Waals surface area contributed by atoms with E-state index in [-0.39, 0.29) is 25.2 Å². The summed E-state index contributed by atoms with van der Waals surface area (Å²) in [6, 6.07) is 21.0. The Bertz CT molecular complexity index is 2330. The first-order chi connectivity index (χ1) is 32.3. The van der Waals surface area contributed by atoms with E-state index in [2.05, 4.69) is 31.9 Å². The van der Waals surface area contributed by atoms with Gasteiger partial charge in [-0.25, -0.2) is 14.4 Å². The molecule has 0 radical (unpaired) electrons. The van der Waals surface area contributed by atoms with Crippen LogP contribution in [0, 0.1) is 0 Å². The standard InChI is InChI=1S/C49H54Br2O16/c1-32(34-11-13-38-25-40(17-15-36(38)23-34)65-43(53)9-5-3-7-19-50)48(58)64-31-47(57)63-30-46(56)62-22-21-61-45(55)29-60-28-42(27-52)67-49(59)33(2)35-12-14-39-26-41(18-16-37(39)24-35)66-44(54)10-6-4-8-20-51/h11-18,23-27,32-33,42H,3-10,19-22,28-31H2,1-2H3. The molecule has 0 N–H and O–H groups in total. The van der Waals surface area contributed by atoms with Gasteiger partial charge < -0.3 is 37.9 Å². The van der Waals surface area contributed by atoms with Crippen LogP contribution in [0.25, 0.3) is 21.5 Å². The van der Waals surface area contributed by atoms with Gasteiger partial charge >= 0.3 is 41.8 Å². The van der Waals surface area contributed by atoms with Crippen molar-refractivity contribution in [3.63, 3.8) is 0 Å². The summed E-state index contributed by atoms with van der Waals surface area (Å²) < 4.78 is 41.1. The Hall–Kier alpha value is -5.72. The van der Waals surface area contributed by atoms with Crippen molar-refractivity contribution in [3.8, 4) is 11.5 Å². The molecule has 0 heterocycles. The molecule has 0 bridgehead atoms. The minimum atomic E-state index is -1.31. The second-order valence-corrected chi connectivity index (χ2v) is 16.8. The summed E-state index contributed by atoms with van der Waals surface area (Å²) in [5, 5.41) is 4.98. The van der Waals surface area contributed by atoms with Crippen molar-refractivity contribution in [1.82, 2.24) is 0 Å². The maximum Gasteiger partial charge on any atom is 0.344 e. The molecule has 3 unspecified atom stereocenters. The highest BCUT2D eigenvalue weighted by molar-refractivity contribution is 9.09. The fraction of sp³-hybridized carbons (Fsp3) is 0.429. The molecule has 3 atom stereocenters. The molecule has 18 heteroatoms. The highest BCUT2D eigenvalue weighted by Crippen LogP contribution is 2.28. The van der Waals surface area contributed by atoms with Crippen LogP contribution in [0.1, 0.15) is 88.2 Å². The van der Waals surface area contributed by atoms with Gasteiger partial charge in [0, 0.05) is 23.5 Å². The van der Waals surface area contributed by atoms with Crippen LogP contribution in [0.2, 0.25) is 0 Å². The SMILES string of the molecule is CC(C(=O)OCC(=O)OCC(=O)OCCOC(=O)COCC(C=O)OC(=O)C(C)c1ccc2cc(OC(=O)CCCCCBr)ccc2c1)c1ccc2cc(OC(=O)CCCCCBr)ccc2c1. The van der Waals surface area contributed by atoms with Crippen LogP contribution in [0.4, 0.5) is 0 Å². The van der Waals surface area contributed by atoms with Crippen molar-refractivity contribution in [2.75, 3.05) is 50.3 Å². The van der Waals surface area contributed by atoms with Gasteiger partial charge in [0.25, 0.3) is 0 Å². The topological polar surface area (TPSA) is 210 Å². The lowest BCUT2D eigenvalue weighted by molar-refractivity contribution is -0.167. The van der Waals surface area contributed by atoms with Crippen LogP contribution in [0.3, 0.4) is 0 Å². The Morgan fingerprint density at radius 2 is 0.955 bits per heavy atom. The number of rotatable bonds is 29. The average Bonchev–Trinajstić information content (AvgIpc) is 3.32. The molecule has 0 aromatic heterocycles. The van der Waals surface area contributed by atoms with Crippen molar-refractivity contribution in [3.05, 3.63) is 83.9 Å². The van der Waals surface area contributed by atoms with Crippen LogP contribution in [0.15, 0.2) is 72.8 Å². The van der Waals surface area contributed by atoms with Crippen LogP contribution < -0.4 is 9.47 Å². The lowest BCUT2D eigenvalue weighted by atomic mass is 9.98. The normalized spacial score (nSPS) is 12.3. The first-order valence-corrected chi connectivity index (χ1v) is 24.0. The average molecular weight is 1060 g/mol. The zero-order valence-corrected chi connectivity index (χ0v) is 40.5. The number of fused-ring (bicyclic) bond motifs is 2. The van der Waals surface area contributed by atoms with Gasteiger partial charge in [0.15, 0.2) is 25.6 Å². The van der Waals surface area contributed by atoms with E-state index in [0.717, 1.165) is 70.7 Å². The van der Waals surface area contributed by atoms with E-state index in [0.29, 0.717) is 41.8 Å². The minimum Gasteiger partial charge on any atom is -0.460 e. The number of ether oxygens (including phenoxy) is 8. The molecule has 0 aliphatic carbocycles. The lowest BCUT2D eigenvalue weighted by Gasteiger charge is -2.17. The lowest BCUT2D eigenvalue weighted by Crippen LogP contribution is -2.29. The Morgan fingerprint density at radius 1 is 0.507 bits per heavy atom. The summed E-state index contributed by atoms with van der Waals surface area (Å²) in [5.74, 6) is -5.45. The number of aldehydes is 1. The molecular weight excluding hydrogens is 1000 g/mol. The largest absolute Gasteiger partial charge is 0.460 e. The van der Waals surface area contributed by atoms with E-state index in [1.54, 1.807) is 86.6 Å². The Kier molecular flexibility index (Phi) is 23.4. The van der Waals surface area contributed by atoms with Crippen molar-refractivity contribution < 1.29 is 76.3 Å². The number of alkyl halides is 2. The van der Waals surface area contributed by atoms with Gasteiger partial charge in [0.2, 0.25) is 0 Å². The fourth-order valence-electron chi connectivity index (χ4n) is 6.31.